The summed E-state index contributed by atoms with van der Waals surface area (Å²) in [4.78, 5) is 0. The third kappa shape index (κ3) is 1.72. The van der Waals surface area contributed by atoms with Crippen molar-refractivity contribution in [3.05, 3.63) is 23.3 Å². The van der Waals surface area contributed by atoms with Gasteiger partial charge in [-0.15, -0.1) is 0 Å². The Morgan fingerprint density at radius 2 is 1.64 bits per heavy atom. The normalized spacial score (nSPS) is 11.2. The minimum absolute atomic E-state index is 0.864. The van der Waals surface area contributed by atoms with Gasteiger partial charge in [0.1, 0.15) is 0 Å². The molecular formula is C9H14NP. The number of nitrogens with two attached hydrogens (primary N) is 1. The predicted molar refractivity (Wildman–Crippen MR) is 54.2 cm³/mol. The minimum atomic E-state index is 0.864. The molecule has 0 aliphatic carbocycles. The highest BCUT2D eigenvalue weighted by molar-refractivity contribution is 7.46. The molecule has 1 unspecified atom stereocenters. The van der Waals surface area contributed by atoms with Gasteiger partial charge in [-0.2, -0.15) is 0 Å². The second kappa shape index (κ2) is 3.23. The first-order valence-corrected chi connectivity index (χ1v) is 5.19. The van der Waals surface area contributed by atoms with Gasteiger partial charge < -0.3 is 5.73 Å². The number of benzene rings is 1. The zero-order chi connectivity index (χ0) is 8.43. The maximum atomic E-state index is 5.81. The summed E-state index contributed by atoms with van der Waals surface area (Å²) < 4.78 is 0. The predicted octanol–water partition coefficient (Wildman–Crippen LogP) is 1.82. The Morgan fingerprint density at radius 3 is 2.00 bits per heavy atom. The van der Waals surface area contributed by atoms with Gasteiger partial charge in [0.05, 0.1) is 0 Å². The van der Waals surface area contributed by atoms with E-state index in [1.807, 2.05) is 0 Å². The molecule has 0 fully saturated rings. The molecule has 0 amide bonds. The van der Waals surface area contributed by atoms with Crippen LogP contribution in [0.15, 0.2) is 12.1 Å². The summed E-state index contributed by atoms with van der Waals surface area (Å²) in [5, 5.41) is 1.40. The highest BCUT2D eigenvalue weighted by Crippen LogP contribution is 2.17. The largest absolute Gasteiger partial charge is 0.398 e. The van der Waals surface area contributed by atoms with E-state index in [2.05, 4.69) is 32.6 Å². The number of hydrogen-bond donors (Lipinski definition) is 1. The van der Waals surface area contributed by atoms with Crippen LogP contribution in [0.5, 0.6) is 0 Å². The summed E-state index contributed by atoms with van der Waals surface area (Å²) in [6.07, 6.45) is 0. The fraction of sp³-hybridized carbons (Fsp3) is 0.333. The second-order valence-corrected chi connectivity index (χ2v) is 3.85. The number of anilines is 1. The molecule has 2 N–H and O–H groups in total. The van der Waals surface area contributed by atoms with Crippen LogP contribution in [0.1, 0.15) is 11.1 Å². The third-order valence-corrected chi connectivity index (χ3v) is 2.75. The van der Waals surface area contributed by atoms with Crippen LogP contribution in [-0.4, -0.2) is 6.66 Å². The molecule has 60 valence electrons. The monoisotopic (exact) mass is 167 g/mol. The van der Waals surface area contributed by atoms with Crippen LogP contribution in [0.2, 0.25) is 0 Å². The Balaban J connectivity index is 3.21. The van der Waals surface area contributed by atoms with Crippen molar-refractivity contribution < 1.29 is 0 Å². The summed E-state index contributed by atoms with van der Waals surface area (Å²) in [5.41, 5.74) is 9.15. The first-order chi connectivity index (χ1) is 5.15. The Morgan fingerprint density at radius 1 is 1.18 bits per heavy atom. The van der Waals surface area contributed by atoms with Crippen molar-refractivity contribution in [1.29, 1.82) is 0 Å². The van der Waals surface area contributed by atoms with Crippen LogP contribution in [0.3, 0.4) is 0 Å². The van der Waals surface area contributed by atoms with Crippen LogP contribution in [0, 0.1) is 13.8 Å². The third-order valence-electron chi connectivity index (χ3n) is 1.88. The first-order valence-electron chi connectivity index (χ1n) is 3.69. The lowest BCUT2D eigenvalue weighted by molar-refractivity contribution is 1.41. The fourth-order valence-corrected chi connectivity index (χ4v) is 1.84. The molecule has 1 atom stereocenters. The van der Waals surface area contributed by atoms with Gasteiger partial charge in [0.25, 0.3) is 0 Å². The standard InChI is InChI=1S/C9H14NP/c1-6-4-8(11-3)5-7(2)9(6)10/h4-5,11H,10H2,1-3H3. The van der Waals surface area contributed by atoms with Crippen molar-refractivity contribution in [1.82, 2.24) is 0 Å². The van der Waals surface area contributed by atoms with Crippen LogP contribution in [-0.2, 0) is 0 Å². The van der Waals surface area contributed by atoms with E-state index in [-0.39, 0.29) is 0 Å². The van der Waals surface area contributed by atoms with Gasteiger partial charge in [-0.1, -0.05) is 8.58 Å². The van der Waals surface area contributed by atoms with Crippen molar-refractivity contribution in [3.63, 3.8) is 0 Å². The zero-order valence-corrected chi connectivity index (χ0v) is 8.23. The number of aryl methyl sites for hydroxylation is 2. The lowest BCUT2D eigenvalue weighted by atomic mass is 10.1. The van der Waals surface area contributed by atoms with E-state index in [0.29, 0.717) is 0 Å². The van der Waals surface area contributed by atoms with Crippen molar-refractivity contribution in [2.45, 2.75) is 13.8 Å². The van der Waals surface area contributed by atoms with Crippen LogP contribution in [0.4, 0.5) is 5.69 Å². The molecule has 11 heavy (non-hydrogen) atoms. The molecule has 1 aromatic carbocycles. The number of rotatable bonds is 1. The molecule has 0 saturated carbocycles. The molecule has 1 nitrogen and oxygen atoms in total. The van der Waals surface area contributed by atoms with Gasteiger partial charge in [0.2, 0.25) is 0 Å². The Kier molecular flexibility index (Phi) is 2.51. The van der Waals surface area contributed by atoms with E-state index >= 15 is 0 Å². The highest BCUT2D eigenvalue weighted by Gasteiger charge is 1.98. The Hall–Kier alpha value is -0.550. The van der Waals surface area contributed by atoms with Crippen molar-refractivity contribution in [3.8, 4) is 0 Å². The van der Waals surface area contributed by atoms with Crippen molar-refractivity contribution >= 4 is 19.6 Å². The maximum Gasteiger partial charge on any atom is 0.0373 e. The maximum absolute atomic E-state index is 5.81. The lowest BCUT2D eigenvalue weighted by Gasteiger charge is -2.06. The zero-order valence-electron chi connectivity index (χ0n) is 7.23. The van der Waals surface area contributed by atoms with E-state index in [1.54, 1.807) is 0 Å². The fourth-order valence-electron chi connectivity index (χ4n) is 1.12. The van der Waals surface area contributed by atoms with Gasteiger partial charge in [0, 0.05) is 5.69 Å². The second-order valence-electron chi connectivity index (χ2n) is 2.77. The molecule has 1 rings (SSSR count). The van der Waals surface area contributed by atoms with E-state index < -0.39 is 0 Å². The average Bonchev–Trinajstić information content (AvgIpc) is 1.99. The summed E-state index contributed by atoms with van der Waals surface area (Å²) in [6, 6.07) is 4.33. The average molecular weight is 167 g/mol. The lowest BCUT2D eigenvalue weighted by Crippen LogP contribution is -2.01. The molecule has 1 aromatic rings. The molecule has 0 radical (unpaired) electrons. The molecule has 0 aliphatic heterocycles. The molecule has 0 saturated heterocycles. The van der Waals surface area contributed by atoms with Crippen molar-refractivity contribution in [2.75, 3.05) is 12.4 Å². The summed E-state index contributed by atoms with van der Waals surface area (Å²) in [7, 11) is 0.864. The van der Waals surface area contributed by atoms with Crippen LogP contribution < -0.4 is 11.0 Å². The van der Waals surface area contributed by atoms with Crippen LogP contribution in [0.25, 0.3) is 0 Å². The Bertz CT molecular complexity index is 245. The topological polar surface area (TPSA) is 26.0 Å². The molecule has 0 heterocycles. The minimum Gasteiger partial charge on any atom is -0.398 e. The summed E-state index contributed by atoms with van der Waals surface area (Å²) in [5.74, 6) is 0. The van der Waals surface area contributed by atoms with Gasteiger partial charge in [0.15, 0.2) is 0 Å². The quantitative estimate of drug-likeness (QED) is 0.501. The molecular weight excluding hydrogens is 153 g/mol. The number of hydrogen-bond acceptors (Lipinski definition) is 1. The van der Waals surface area contributed by atoms with Gasteiger partial charge in [-0.25, -0.2) is 0 Å². The summed E-state index contributed by atoms with van der Waals surface area (Å²) in [6.45, 7) is 6.31. The summed E-state index contributed by atoms with van der Waals surface area (Å²) >= 11 is 0. The Labute approximate surface area is 69.8 Å². The van der Waals surface area contributed by atoms with Gasteiger partial charge in [-0.05, 0) is 49.1 Å². The van der Waals surface area contributed by atoms with Gasteiger partial charge >= 0.3 is 0 Å². The number of nitrogen functional groups attached to an aromatic ring is 1. The van der Waals surface area contributed by atoms with Crippen molar-refractivity contribution in [2.24, 2.45) is 0 Å². The van der Waals surface area contributed by atoms with Gasteiger partial charge in [-0.3, -0.25) is 0 Å². The molecule has 0 bridgehead atoms. The first kappa shape index (κ1) is 8.55. The molecule has 2 heteroatoms. The van der Waals surface area contributed by atoms with E-state index in [0.717, 1.165) is 14.3 Å². The van der Waals surface area contributed by atoms with Crippen LogP contribution >= 0.6 is 8.58 Å². The van der Waals surface area contributed by atoms with E-state index in [1.165, 1.54) is 16.4 Å². The molecule has 0 aliphatic rings. The van der Waals surface area contributed by atoms with E-state index in [4.69, 9.17) is 5.73 Å². The highest BCUT2D eigenvalue weighted by atomic mass is 31.1. The molecule has 0 spiro atoms. The van der Waals surface area contributed by atoms with E-state index in [9.17, 15) is 0 Å². The smallest absolute Gasteiger partial charge is 0.0373 e. The SMILES string of the molecule is CPc1cc(C)c(N)c(C)c1. The molecule has 0 aromatic heterocycles.